The molecular formula is C13H9BrF5N3O. The molecule has 2 aromatic rings. The summed E-state index contributed by atoms with van der Waals surface area (Å²) in [6.45, 7) is 2.98. The van der Waals surface area contributed by atoms with E-state index in [2.05, 4.69) is 21.0 Å². The van der Waals surface area contributed by atoms with Gasteiger partial charge in [0.25, 0.3) is 0 Å². The topological polar surface area (TPSA) is 46.9 Å². The SMILES string of the molecule is Cc1c(Br)cnn1[C@H](C)C(=O)Nc1c(F)c(F)c(F)c(F)c1F. The van der Waals surface area contributed by atoms with Crippen molar-refractivity contribution in [2.24, 2.45) is 0 Å². The molecule has 0 aliphatic heterocycles. The van der Waals surface area contributed by atoms with E-state index in [-0.39, 0.29) is 0 Å². The number of nitrogens with zero attached hydrogens (tertiary/aromatic N) is 2. The van der Waals surface area contributed by atoms with Crippen molar-refractivity contribution >= 4 is 27.5 Å². The van der Waals surface area contributed by atoms with Crippen LogP contribution in [0.3, 0.4) is 0 Å². The lowest BCUT2D eigenvalue weighted by atomic mass is 10.2. The standard InChI is InChI=1S/C13H9BrF5N3O/c1-4-6(14)3-20-22(4)5(2)13(23)21-12-10(18)8(16)7(15)9(17)11(12)19/h3,5H,1-2H3,(H,21,23)/t5-/m1/s1. The highest BCUT2D eigenvalue weighted by Crippen LogP contribution is 2.28. The fourth-order valence-corrected chi connectivity index (χ4v) is 2.12. The number of hydrogen-bond donors (Lipinski definition) is 1. The summed E-state index contributed by atoms with van der Waals surface area (Å²) in [5.41, 5.74) is -0.854. The molecule has 124 valence electrons. The fourth-order valence-electron chi connectivity index (χ4n) is 1.85. The summed E-state index contributed by atoms with van der Waals surface area (Å²) in [5, 5.41) is 5.60. The van der Waals surface area contributed by atoms with Gasteiger partial charge in [-0.15, -0.1) is 0 Å². The number of aromatic nitrogens is 2. The summed E-state index contributed by atoms with van der Waals surface area (Å²) in [7, 11) is 0. The molecule has 4 nitrogen and oxygen atoms in total. The van der Waals surface area contributed by atoms with Crippen molar-refractivity contribution in [3.63, 3.8) is 0 Å². The fraction of sp³-hybridized carbons (Fsp3) is 0.231. The third kappa shape index (κ3) is 2.94. The Kier molecular flexibility index (Phi) is 4.73. The van der Waals surface area contributed by atoms with E-state index in [9.17, 15) is 26.7 Å². The smallest absolute Gasteiger partial charge is 0.249 e. The van der Waals surface area contributed by atoms with Crippen LogP contribution in [0, 0.1) is 36.0 Å². The first-order chi connectivity index (χ1) is 10.7. The second-order valence-electron chi connectivity index (χ2n) is 4.63. The van der Waals surface area contributed by atoms with Crippen LogP contribution in [0.5, 0.6) is 0 Å². The van der Waals surface area contributed by atoms with Gasteiger partial charge < -0.3 is 5.32 Å². The van der Waals surface area contributed by atoms with Crippen molar-refractivity contribution < 1.29 is 26.7 Å². The minimum atomic E-state index is -2.29. The van der Waals surface area contributed by atoms with Crippen molar-refractivity contribution in [2.45, 2.75) is 19.9 Å². The summed E-state index contributed by atoms with van der Waals surface area (Å²) < 4.78 is 68.1. The van der Waals surface area contributed by atoms with Gasteiger partial charge >= 0.3 is 0 Å². The molecule has 0 aliphatic carbocycles. The first kappa shape index (κ1) is 17.4. The van der Waals surface area contributed by atoms with Crippen molar-refractivity contribution in [3.05, 3.63) is 45.4 Å². The Morgan fingerprint density at radius 3 is 2.04 bits per heavy atom. The number of benzene rings is 1. The molecule has 1 amide bonds. The van der Waals surface area contributed by atoms with Crippen LogP contribution in [0.15, 0.2) is 10.7 Å². The van der Waals surface area contributed by atoms with Crippen LogP contribution in [0.4, 0.5) is 27.6 Å². The number of rotatable bonds is 3. The van der Waals surface area contributed by atoms with Gasteiger partial charge in [-0.1, -0.05) is 0 Å². The average Bonchev–Trinajstić information content (AvgIpc) is 2.86. The summed E-state index contributed by atoms with van der Waals surface area (Å²) in [6.07, 6.45) is 1.40. The van der Waals surface area contributed by atoms with Crippen LogP contribution in [0.2, 0.25) is 0 Å². The maximum atomic E-state index is 13.5. The molecule has 0 bridgehead atoms. The summed E-state index contributed by atoms with van der Waals surface area (Å²) >= 11 is 3.17. The normalized spacial score (nSPS) is 12.3. The van der Waals surface area contributed by atoms with Crippen molar-refractivity contribution in [2.75, 3.05) is 5.32 Å². The van der Waals surface area contributed by atoms with Crippen LogP contribution in [0.25, 0.3) is 0 Å². The van der Waals surface area contributed by atoms with Gasteiger partial charge in [0.1, 0.15) is 11.7 Å². The molecule has 1 aromatic carbocycles. The van der Waals surface area contributed by atoms with Crippen LogP contribution in [0.1, 0.15) is 18.7 Å². The van der Waals surface area contributed by atoms with Gasteiger partial charge in [-0.2, -0.15) is 5.10 Å². The highest BCUT2D eigenvalue weighted by Gasteiger charge is 2.28. The molecule has 2 rings (SSSR count). The Morgan fingerprint density at radius 1 is 1.13 bits per heavy atom. The molecule has 23 heavy (non-hydrogen) atoms. The largest absolute Gasteiger partial charge is 0.319 e. The maximum Gasteiger partial charge on any atom is 0.249 e. The highest BCUT2D eigenvalue weighted by molar-refractivity contribution is 9.10. The van der Waals surface area contributed by atoms with Crippen LogP contribution in [-0.4, -0.2) is 15.7 Å². The Labute approximate surface area is 135 Å². The quantitative estimate of drug-likeness (QED) is 0.485. The number of carbonyl (C=O) groups excluding carboxylic acids is 1. The average molecular weight is 398 g/mol. The molecule has 1 atom stereocenters. The zero-order valence-electron chi connectivity index (χ0n) is 11.7. The Bertz CT molecular complexity index is 763. The zero-order chi connectivity index (χ0) is 17.5. The van der Waals surface area contributed by atoms with E-state index >= 15 is 0 Å². The molecule has 1 heterocycles. The van der Waals surface area contributed by atoms with Crippen molar-refractivity contribution in [1.29, 1.82) is 0 Å². The molecule has 0 radical (unpaired) electrons. The van der Waals surface area contributed by atoms with E-state index in [0.29, 0.717) is 10.2 Å². The third-order valence-electron chi connectivity index (χ3n) is 3.19. The molecule has 1 N–H and O–H groups in total. The first-order valence-electron chi connectivity index (χ1n) is 6.18. The Hall–Kier alpha value is -1.97. The summed E-state index contributed by atoms with van der Waals surface area (Å²) in [6, 6.07) is -1.05. The number of amides is 1. The van der Waals surface area contributed by atoms with E-state index in [0.717, 1.165) is 0 Å². The van der Waals surface area contributed by atoms with Gasteiger partial charge in [0.2, 0.25) is 11.7 Å². The van der Waals surface area contributed by atoms with Crippen LogP contribution >= 0.6 is 15.9 Å². The van der Waals surface area contributed by atoms with Gasteiger partial charge in [-0.25, -0.2) is 22.0 Å². The Morgan fingerprint density at radius 2 is 1.61 bits per heavy atom. The highest BCUT2D eigenvalue weighted by atomic mass is 79.9. The number of carbonyl (C=O) groups is 1. The predicted molar refractivity (Wildman–Crippen MR) is 74.2 cm³/mol. The van der Waals surface area contributed by atoms with E-state index in [1.807, 2.05) is 0 Å². The van der Waals surface area contributed by atoms with E-state index < -0.39 is 46.7 Å². The van der Waals surface area contributed by atoms with Gasteiger partial charge in [-0.05, 0) is 29.8 Å². The number of anilines is 1. The van der Waals surface area contributed by atoms with E-state index in [1.165, 1.54) is 17.8 Å². The van der Waals surface area contributed by atoms with Crippen molar-refractivity contribution in [3.8, 4) is 0 Å². The molecular weight excluding hydrogens is 389 g/mol. The predicted octanol–water partition coefficient (Wildman–Crippen LogP) is 3.85. The second-order valence-corrected chi connectivity index (χ2v) is 5.49. The number of halogens is 6. The lowest BCUT2D eigenvalue weighted by molar-refractivity contribution is -0.119. The first-order valence-corrected chi connectivity index (χ1v) is 6.98. The molecule has 0 spiro atoms. The maximum absolute atomic E-state index is 13.5. The van der Waals surface area contributed by atoms with Crippen LogP contribution < -0.4 is 5.32 Å². The van der Waals surface area contributed by atoms with E-state index in [1.54, 1.807) is 12.2 Å². The van der Waals surface area contributed by atoms with Gasteiger partial charge in [-0.3, -0.25) is 9.48 Å². The lowest BCUT2D eigenvalue weighted by Crippen LogP contribution is -2.26. The summed E-state index contributed by atoms with van der Waals surface area (Å²) in [5.74, 6) is -11.8. The number of nitrogens with one attached hydrogen (secondary N) is 1. The van der Waals surface area contributed by atoms with Gasteiger partial charge in [0.15, 0.2) is 23.3 Å². The molecule has 0 fully saturated rings. The molecule has 0 saturated carbocycles. The van der Waals surface area contributed by atoms with Gasteiger partial charge in [0, 0.05) is 0 Å². The van der Waals surface area contributed by atoms with Crippen LogP contribution in [-0.2, 0) is 4.79 Å². The molecule has 0 saturated heterocycles. The minimum Gasteiger partial charge on any atom is -0.319 e. The third-order valence-corrected chi connectivity index (χ3v) is 3.97. The second kappa shape index (κ2) is 6.26. The number of hydrogen-bond acceptors (Lipinski definition) is 2. The lowest BCUT2D eigenvalue weighted by Gasteiger charge is -2.16. The molecule has 0 unspecified atom stereocenters. The Balaban J connectivity index is 2.36. The molecule has 1 aromatic heterocycles. The minimum absolute atomic E-state index is 0.546. The van der Waals surface area contributed by atoms with E-state index in [4.69, 9.17) is 0 Å². The summed E-state index contributed by atoms with van der Waals surface area (Å²) in [4.78, 5) is 12.0. The zero-order valence-corrected chi connectivity index (χ0v) is 13.3. The van der Waals surface area contributed by atoms with Crippen molar-refractivity contribution in [1.82, 2.24) is 9.78 Å². The van der Waals surface area contributed by atoms with Gasteiger partial charge in [0.05, 0.1) is 16.4 Å². The molecule has 10 heteroatoms. The monoisotopic (exact) mass is 397 g/mol. The molecule has 0 aliphatic rings.